The third-order valence-corrected chi connectivity index (χ3v) is 4.31. The van der Waals surface area contributed by atoms with Crippen LogP contribution in [0.1, 0.15) is 5.82 Å². The first kappa shape index (κ1) is 14.8. The Bertz CT molecular complexity index is 634. The van der Waals surface area contributed by atoms with Crippen molar-refractivity contribution < 1.29 is 8.42 Å². The smallest absolute Gasteiger partial charge is 0.320 e. The lowest BCUT2D eigenvalue weighted by Gasteiger charge is -2.00. The molecule has 11 heteroatoms. The molecule has 0 radical (unpaired) electrons. The highest BCUT2D eigenvalue weighted by Gasteiger charge is 2.27. The second-order valence-electron chi connectivity index (χ2n) is 3.92. The van der Waals surface area contributed by atoms with Crippen molar-refractivity contribution in [3.8, 4) is 0 Å². The Morgan fingerprint density at radius 2 is 2.15 bits per heavy atom. The molecule has 0 atom stereocenters. The lowest BCUT2D eigenvalue weighted by Crippen LogP contribution is -2.24. The van der Waals surface area contributed by atoms with Crippen LogP contribution in [0, 0.1) is 0 Å². The molecule has 0 aromatic carbocycles. The summed E-state index contributed by atoms with van der Waals surface area (Å²) in [5, 5.41) is 7.76. The van der Waals surface area contributed by atoms with E-state index in [1.165, 1.54) is 7.05 Å². The van der Waals surface area contributed by atoms with E-state index in [0.717, 1.165) is 17.3 Å². The van der Waals surface area contributed by atoms with Crippen molar-refractivity contribution >= 4 is 33.6 Å². The van der Waals surface area contributed by atoms with Gasteiger partial charge >= 0.3 is 10.2 Å². The van der Waals surface area contributed by atoms with E-state index >= 15 is 0 Å². The number of nitrogens with zero attached hydrogens (tertiary/aromatic N) is 5. The van der Waals surface area contributed by atoms with Gasteiger partial charge in [0.05, 0.1) is 12.3 Å². The van der Waals surface area contributed by atoms with Gasteiger partial charge in [-0.2, -0.15) is 20.2 Å². The molecule has 1 aliphatic rings. The van der Waals surface area contributed by atoms with Crippen LogP contribution < -0.4 is 9.44 Å². The van der Waals surface area contributed by atoms with Gasteiger partial charge in [-0.3, -0.25) is 9.98 Å². The lowest BCUT2D eigenvalue weighted by molar-refractivity contribution is 0.591. The van der Waals surface area contributed by atoms with Crippen LogP contribution in [0.4, 0.5) is 0 Å². The van der Waals surface area contributed by atoms with E-state index in [1.54, 1.807) is 18.1 Å². The largest absolute Gasteiger partial charge is 0.324 e. The highest BCUT2D eigenvalue weighted by molar-refractivity contribution is 7.98. The van der Waals surface area contributed by atoms with E-state index < -0.39 is 10.2 Å². The number of nitrogens with one attached hydrogen (secondary N) is 2. The van der Waals surface area contributed by atoms with E-state index in [4.69, 9.17) is 0 Å². The van der Waals surface area contributed by atoms with Crippen LogP contribution in [-0.2, 0) is 23.0 Å². The van der Waals surface area contributed by atoms with Crippen LogP contribution in [0.25, 0.3) is 0 Å². The van der Waals surface area contributed by atoms with E-state index in [1.807, 2.05) is 11.6 Å². The first-order valence-electron chi connectivity index (χ1n) is 5.74. The molecule has 0 amide bonds. The Morgan fingerprint density at radius 1 is 1.40 bits per heavy atom. The molecule has 0 saturated carbocycles. The van der Waals surface area contributed by atoms with Crippen LogP contribution in [0.2, 0.25) is 0 Å². The Balaban J connectivity index is 1.81. The minimum atomic E-state index is -3.53. The third-order valence-electron chi connectivity index (χ3n) is 2.45. The number of hydrogen-bond acceptors (Lipinski definition) is 7. The fourth-order valence-electron chi connectivity index (χ4n) is 1.46. The predicted octanol–water partition coefficient (Wildman–Crippen LogP) is -1.09. The van der Waals surface area contributed by atoms with Gasteiger partial charge in [-0.05, 0) is 0 Å². The number of aliphatic imine (C=N–C) groups is 2. The summed E-state index contributed by atoms with van der Waals surface area (Å²) in [6.07, 6.45) is 1.65. The van der Waals surface area contributed by atoms with Gasteiger partial charge < -0.3 is 4.57 Å². The highest BCUT2D eigenvalue weighted by Crippen LogP contribution is 2.08. The molecule has 2 heterocycles. The molecule has 0 spiro atoms. The molecule has 20 heavy (non-hydrogen) atoms. The Hall–Kier alpha value is -1.62. The first-order valence-corrected chi connectivity index (χ1v) is 8.38. The molecule has 0 unspecified atom stereocenters. The van der Waals surface area contributed by atoms with Crippen LogP contribution in [0.15, 0.2) is 16.3 Å². The zero-order valence-electron chi connectivity index (χ0n) is 11.1. The summed E-state index contributed by atoms with van der Waals surface area (Å²) in [7, 11) is -0.139. The quantitative estimate of drug-likeness (QED) is 0.670. The van der Waals surface area contributed by atoms with Crippen molar-refractivity contribution in [1.82, 2.24) is 24.2 Å². The molecule has 1 saturated heterocycles. The minimum absolute atomic E-state index is 0.239. The Morgan fingerprint density at radius 3 is 2.80 bits per heavy atom. The molecule has 1 fully saturated rings. The Labute approximate surface area is 121 Å². The van der Waals surface area contributed by atoms with Gasteiger partial charge in [0.15, 0.2) is 11.7 Å². The van der Waals surface area contributed by atoms with Gasteiger partial charge in [0.25, 0.3) is 0 Å². The Kier molecular flexibility index (Phi) is 4.60. The van der Waals surface area contributed by atoms with E-state index in [9.17, 15) is 8.42 Å². The number of aryl methyl sites for hydroxylation is 1. The van der Waals surface area contributed by atoms with Crippen LogP contribution >= 0.6 is 11.8 Å². The number of aromatic nitrogens is 3. The summed E-state index contributed by atoms with van der Waals surface area (Å²) < 4.78 is 29.0. The zero-order valence-corrected chi connectivity index (χ0v) is 12.7. The van der Waals surface area contributed by atoms with Gasteiger partial charge in [-0.25, -0.2) is 9.44 Å². The van der Waals surface area contributed by atoms with Gasteiger partial charge in [0.2, 0.25) is 0 Å². The molecule has 0 aliphatic carbocycles. The third kappa shape index (κ3) is 3.70. The van der Waals surface area contributed by atoms with Crippen LogP contribution in [0.3, 0.4) is 0 Å². The van der Waals surface area contributed by atoms with E-state index in [0.29, 0.717) is 6.54 Å². The number of amidine groups is 2. The molecule has 1 aromatic rings. The fraction of sp³-hybridized carbons (Fsp3) is 0.556. The van der Waals surface area contributed by atoms with Crippen molar-refractivity contribution in [2.24, 2.45) is 17.0 Å². The molecule has 110 valence electrons. The second kappa shape index (κ2) is 6.22. The first-order chi connectivity index (χ1) is 9.52. The predicted molar refractivity (Wildman–Crippen MR) is 78.0 cm³/mol. The summed E-state index contributed by atoms with van der Waals surface area (Å²) in [4.78, 5) is 8.00. The summed E-state index contributed by atoms with van der Waals surface area (Å²) in [6.45, 7) is 0.487. The van der Waals surface area contributed by atoms with Gasteiger partial charge in [-0.1, -0.05) is 0 Å². The molecule has 0 bridgehead atoms. The van der Waals surface area contributed by atoms with Gasteiger partial charge in [0, 0.05) is 19.8 Å². The van der Waals surface area contributed by atoms with Crippen molar-refractivity contribution in [2.45, 2.75) is 5.75 Å². The number of rotatable bonds is 5. The van der Waals surface area contributed by atoms with Crippen LogP contribution in [-0.4, -0.2) is 54.2 Å². The lowest BCUT2D eigenvalue weighted by atomic mass is 10.5. The van der Waals surface area contributed by atoms with Crippen molar-refractivity contribution in [1.29, 1.82) is 0 Å². The summed E-state index contributed by atoms with van der Waals surface area (Å²) in [5.74, 6) is 2.87. The number of thioether (sulfide) groups is 1. The fourth-order valence-corrected chi connectivity index (χ4v) is 3.18. The zero-order chi connectivity index (χ0) is 14.6. The van der Waals surface area contributed by atoms with Gasteiger partial charge in [0.1, 0.15) is 12.2 Å². The monoisotopic (exact) mass is 317 g/mol. The van der Waals surface area contributed by atoms with Gasteiger partial charge in [-0.15, -0.1) is 10.2 Å². The maximum absolute atomic E-state index is 11.3. The molecule has 1 aromatic heterocycles. The van der Waals surface area contributed by atoms with Crippen molar-refractivity contribution in [3.05, 3.63) is 12.2 Å². The highest BCUT2D eigenvalue weighted by atomic mass is 32.2. The maximum Gasteiger partial charge on any atom is 0.324 e. The van der Waals surface area contributed by atoms with Crippen molar-refractivity contribution in [3.63, 3.8) is 0 Å². The molecule has 2 N–H and O–H groups in total. The van der Waals surface area contributed by atoms with E-state index in [2.05, 4.69) is 29.6 Å². The minimum Gasteiger partial charge on any atom is -0.320 e. The second-order valence-corrected chi connectivity index (χ2v) is 6.44. The average molecular weight is 317 g/mol. The average Bonchev–Trinajstić information content (AvgIpc) is 2.92. The molecular formula is C9H15N7O2S2. The van der Waals surface area contributed by atoms with Crippen LogP contribution in [0.5, 0.6) is 0 Å². The standard InChI is InChI=1S/C9H15N7O2S2/c1-10-8-9(15-20(17,18)14-8)11-3-4-19-5-7-13-12-6-16(7)2/h6H,3-5H2,1-2H3,(H,10,14)(H,11,15). The topological polar surface area (TPSA) is 114 Å². The summed E-state index contributed by atoms with van der Waals surface area (Å²) >= 11 is 1.65. The number of hydrogen-bond donors (Lipinski definition) is 2. The SMILES string of the molecule is CN=C1NS(=O)(=O)NC1=NCCSCc1nncn1C. The van der Waals surface area contributed by atoms with E-state index in [-0.39, 0.29) is 11.7 Å². The maximum atomic E-state index is 11.3. The molecule has 2 rings (SSSR count). The summed E-state index contributed by atoms with van der Waals surface area (Å²) in [5.41, 5.74) is 0. The molecular weight excluding hydrogens is 302 g/mol. The normalized spacial score (nSPS) is 21.1. The molecule has 1 aliphatic heterocycles. The van der Waals surface area contributed by atoms with Crippen molar-refractivity contribution in [2.75, 3.05) is 19.3 Å². The summed E-state index contributed by atoms with van der Waals surface area (Å²) in [6, 6.07) is 0. The molecule has 9 nitrogen and oxygen atoms in total.